The van der Waals surface area contributed by atoms with Crippen molar-refractivity contribution in [1.82, 2.24) is 4.98 Å². The number of thiazole rings is 1. The van der Waals surface area contributed by atoms with Gasteiger partial charge in [-0.2, -0.15) is 0 Å². The van der Waals surface area contributed by atoms with Gasteiger partial charge in [0.15, 0.2) is 0 Å². The minimum absolute atomic E-state index is 0.114. The fourth-order valence-corrected chi connectivity index (χ4v) is 4.39. The van der Waals surface area contributed by atoms with Crippen LogP contribution in [0.1, 0.15) is 31.7 Å². The van der Waals surface area contributed by atoms with Crippen LogP contribution in [-0.2, 0) is 6.42 Å². The first-order valence-corrected chi connectivity index (χ1v) is 12.6. The number of ether oxygens (including phenoxy) is 3. The van der Waals surface area contributed by atoms with E-state index in [1.54, 1.807) is 0 Å². The van der Waals surface area contributed by atoms with E-state index in [0.717, 1.165) is 65.4 Å². The Labute approximate surface area is 208 Å². The van der Waals surface area contributed by atoms with Gasteiger partial charge < -0.3 is 19.3 Å². The SMILES string of the molecule is CCCc1cc(Oc2ccccc2)ccc1OCCCCOc1cccc(-c2sc(=O)[nH]c2O)c1. The zero-order chi connectivity index (χ0) is 24.5. The van der Waals surface area contributed by atoms with E-state index >= 15 is 0 Å². The van der Waals surface area contributed by atoms with Crippen molar-refractivity contribution < 1.29 is 19.3 Å². The molecule has 1 heterocycles. The first-order valence-electron chi connectivity index (χ1n) is 11.8. The molecule has 0 amide bonds. The Morgan fingerprint density at radius 1 is 0.857 bits per heavy atom. The van der Waals surface area contributed by atoms with Crippen molar-refractivity contribution in [2.75, 3.05) is 13.2 Å². The second-order valence-corrected chi connectivity index (χ2v) is 9.04. The molecular formula is C28H29NO5S. The molecule has 0 aliphatic heterocycles. The van der Waals surface area contributed by atoms with Crippen molar-refractivity contribution in [2.24, 2.45) is 0 Å². The average molecular weight is 492 g/mol. The highest BCUT2D eigenvalue weighted by molar-refractivity contribution is 7.13. The van der Waals surface area contributed by atoms with E-state index in [9.17, 15) is 9.90 Å². The lowest BCUT2D eigenvalue weighted by molar-refractivity contribution is 0.265. The summed E-state index contributed by atoms with van der Waals surface area (Å²) in [4.78, 5) is 14.1. The van der Waals surface area contributed by atoms with Crippen LogP contribution < -0.4 is 19.1 Å². The van der Waals surface area contributed by atoms with Crippen molar-refractivity contribution in [1.29, 1.82) is 0 Å². The molecule has 0 unspecified atom stereocenters. The van der Waals surface area contributed by atoms with Crippen LogP contribution in [0.3, 0.4) is 0 Å². The standard InChI is InChI=1S/C28H29NO5S/c1-2-9-20-18-24(34-22-11-4-3-5-12-22)14-15-25(20)33-17-7-6-16-32-23-13-8-10-21(19-23)26-27(30)29-28(31)35-26/h3-5,8,10-15,18-19,30H,2,6-7,9,16-17H2,1H3,(H,29,31). The van der Waals surface area contributed by atoms with Gasteiger partial charge in [-0.05, 0) is 67.3 Å². The number of para-hydroxylation sites is 1. The number of aromatic hydroxyl groups is 1. The molecule has 3 aromatic carbocycles. The van der Waals surface area contributed by atoms with Gasteiger partial charge in [-0.1, -0.05) is 55.0 Å². The van der Waals surface area contributed by atoms with Crippen LogP contribution in [0.5, 0.6) is 28.9 Å². The zero-order valence-electron chi connectivity index (χ0n) is 19.7. The highest BCUT2D eigenvalue weighted by Crippen LogP contribution is 2.32. The smallest absolute Gasteiger partial charge is 0.307 e. The fourth-order valence-electron chi connectivity index (χ4n) is 3.67. The van der Waals surface area contributed by atoms with Crippen LogP contribution in [0.15, 0.2) is 77.6 Å². The number of nitrogens with one attached hydrogen (secondary N) is 1. The van der Waals surface area contributed by atoms with Gasteiger partial charge in [0, 0.05) is 5.56 Å². The molecule has 6 nitrogen and oxygen atoms in total. The maximum absolute atomic E-state index is 11.4. The van der Waals surface area contributed by atoms with Crippen LogP contribution >= 0.6 is 11.3 Å². The van der Waals surface area contributed by atoms with Crippen molar-refractivity contribution in [3.8, 4) is 39.3 Å². The summed E-state index contributed by atoms with van der Waals surface area (Å²) in [6.45, 7) is 3.30. The van der Waals surface area contributed by atoms with Gasteiger partial charge in [0.05, 0.1) is 18.1 Å². The first-order chi connectivity index (χ1) is 17.1. The first kappa shape index (κ1) is 24.4. The molecule has 0 bridgehead atoms. The van der Waals surface area contributed by atoms with Gasteiger partial charge in [0.1, 0.15) is 23.0 Å². The zero-order valence-corrected chi connectivity index (χ0v) is 20.5. The topological polar surface area (TPSA) is 80.8 Å². The van der Waals surface area contributed by atoms with Crippen molar-refractivity contribution in [3.05, 3.63) is 88.0 Å². The number of aromatic nitrogens is 1. The van der Waals surface area contributed by atoms with E-state index in [2.05, 4.69) is 18.0 Å². The number of benzene rings is 3. The molecule has 0 radical (unpaired) electrons. The number of hydrogen-bond donors (Lipinski definition) is 2. The molecule has 0 saturated carbocycles. The highest BCUT2D eigenvalue weighted by Gasteiger charge is 2.10. The summed E-state index contributed by atoms with van der Waals surface area (Å²) in [5.41, 5.74) is 1.89. The number of hydrogen-bond acceptors (Lipinski definition) is 6. The Bertz CT molecular complexity index is 1280. The molecule has 35 heavy (non-hydrogen) atoms. The summed E-state index contributed by atoms with van der Waals surface area (Å²) in [6, 6.07) is 23.1. The molecule has 0 spiro atoms. The lowest BCUT2D eigenvalue weighted by Crippen LogP contribution is -2.04. The summed E-state index contributed by atoms with van der Waals surface area (Å²) in [5, 5.41) is 9.87. The molecule has 4 rings (SSSR count). The third-order valence-electron chi connectivity index (χ3n) is 5.32. The van der Waals surface area contributed by atoms with E-state index < -0.39 is 0 Å². The summed E-state index contributed by atoms with van der Waals surface area (Å²) < 4.78 is 17.9. The molecule has 0 aliphatic carbocycles. The van der Waals surface area contributed by atoms with E-state index in [0.29, 0.717) is 23.8 Å². The molecule has 0 aliphatic rings. The number of rotatable bonds is 12. The number of H-pyrrole nitrogens is 1. The normalized spacial score (nSPS) is 10.8. The van der Waals surface area contributed by atoms with Gasteiger partial charge in [-0.15, -0.1) is 0 Å². The quantitative estimate of drug-likeness (QED) is 0.213. The van der Waals surface area contributed by atoms with Crippen molar-refractivity contribution in [3.63, 3.8) is 0 Å². The molecule has 0 atom stereocenters. The van der Waals surface area contributed by atoms with Gasteiger partial charge in [-0.3, -0.25) is 9.78 Å². The van der Waals surface area contributed by atoms with Gasteiger partial charge in [0.2, 0.25) is 5.88 Å². The Hall–Kier alpha value is -3.71. The van der Waals surface area contributed by atoms with Crippen molar-refractivity contribution >= 4 is 11.3 Å². The van der Waals surface area contributed by atoms with Crippen LogP contribution in [0.4, 0.5) is 0 Å². The Morgan fingerprint density at radius 2 is 1.63 bits per heavy atom. The third-order valence-corrected chi connectivity index (χ3v) is 6.24. The largest absolute Gasteiger partial charge is 0.494 e. The molecule has 0 saturated heterocycles. The molecule has 0 fully saturated rings. The van der Waals surface area contributed by atoms with E-state index in [1.807, 2.05) is 66.7 Å². The van der Waals surface area contributed by atoms with Gasteiger partial charge >= 0.3 is 4.87 Å². The Balaban J connectivity index is 1.25. The van der Waals surface area contributed by atoms with E-state index in [4.69, 9.17) is 14.2 Å². The van der Waals surface area contributed by atoms with E-state index in [-0.39, 0.29) is 10.8 Å². The molecule has 4 aromatic rings. The van der Waals surface area contributed by atoms with Crippen LogP contribution in [-0.4, -0.2) is 23.3 Å². The monoisotopic (exact) mass is 491 g/mol. The van der Waals surface area contributed by atoms with Crippen LogP contribution in [0.2, 0.25) is 0 Å². The number of aryl methyl sites for hydroxylation is 1. The Kier molecular flexibility index (Phi) is 8.46. The average Bonchev–Trinajstić information content (AvgIpc) is 3.21. The fraction of sp³-hybridized carbons (Fsp3) is 0.250. The predicted octanol–water partition coefficient (Wildman–Crippen LogP) is 6.79. The molecular weight excluding hydrogens is 462 g/mol. The van der Waals surface area contributed by atoms with Crippen molar-refractivity contribution in [2.45, 2.75) is 32.6 Å². The highest BCUT2D eigenvalue weighted by atomic mass is 32.1. The third kappa shape index (κ3) is 6.90. The maximum atomic E-state index is 11.4. The minimum atomic E-state index is -0.288. The summed E-state index contributed by atoms with van der Waals surface area (Å²) in [7, 11) is 0. The second-order valence-electron chi connectivity index (χ2n) is 8.06. The molecule has 182 valence electrons. The van der Waals surface area contributed by atoms with Crippen LogP contribution in [0, 0.1) is 0 Å². The lowest BCUT2D eigenvalue weighted by Gasteiger charge is -2.14. The number of unbranched alkanes of at least 4 members (excludes halogenated alkanes) is 1. The molecule has 1 aromatic heterocycles. The summed E-state index contributed by atoms with van der Waals surface area (Å²) in [5.74, 6) is 3.10. The summed E-state index contributed by atoms with van der Waals surface area (Å²) in [6.07, 6.45) is 3.64. The van der Waals surface area contributed by atoms with E-state index in [1.165, 1.54) is 0 Å². The second kappa shape index (κ2) is 12.1. The number of aromatic amines is 1. The molecule has 7 heteroatoms. The van der Waals surface area contributed by atoms with Crippen LogP contribution in [0.25, 0.3) is 10.4 Å². The summed E-state index contributed by atoms with van der Waals surface area (Å²) >= 11 is 0.973. The maximum Gasteiger partial charge on any atom is 0.307 e. The van der Waals surface area contributed by atoms with Gasteiger partial charge in [-0.25, -0.2) is 0 Å². The molecule has 2 N–H and O–H groups in total. The lowest BCUT2D eigenvalue weighted by atomic mass is 10.1. The van der Waals surface area contributed by atoms with Gasteiger partial charge in [0.25, 0.3) is 0 Å². The predicted molar refractivity (Wildman–Crippen MR) is 139 cm³/mol. The Morgan fingerprint density at radius 3 is 2.37 bits per heavy atom. The minimum Gasteiger partial charge on any atom is -0.494 e.